The van der Waals surface area contributed by atoms with Gasteiger partial charge in [0.1, 0.15) is 0 Å². The van der Waals surface area contributed by atoms with Crippen molar-refractivity contribution in [3.63, 3.8) is 0 Å². The molecule has 2 atom stereocenters. The molecular formula is C8H15NO. The lowest BCUT2D eigenvalue weighted by Crippen LogP contribution is -2.16. The summed E-state index contributed by atoms with van der Waals surface area (Å²) in [4.78, 5) is 0. The molecule has 2 aliphatic heterocycles. The van der Waals surface area contributed by atoms with Gasteiger partial charge in [-0.1, -0.05) is 0 Å². The third-order valence-corrected chi connectivity index (χ3v) is 2.64. The molecule has 2 nitrogen and oxygen atoms in total. The number of rotatable bonds is 0. The molecule has 0 aromatic carbocycles. The van der Waals surface area contributed by atoms with Crippen molar-refractivity contribution >= 4 is 0 Å². The molecule has 1 N–H and O–H groups in total. The lowest BCUT2D eigenvalue weighted by atomic mass is 9.97. The first-order chi connectivity index (χ1) is 4.97. The van der Waals surface area contributed by atoms with Crippen LogP contribution in [0.1, 0.15) is 19.3 Å². The van der Waals surface area contributed by atoms with Crippen LogP contribution in [0.3, 0.4) is 0 Å². The summed E-state index contributed by atoms with van der Waals surface area (Å²) in [6.07, 6.45) is 4.44. The van der Waals surface area contributed by atoms with Crippen LogP contribution in [0.25, 0.3) is 0 Å². The molecule has 0 aliphatic carbocycles. The Bertz CT molecular complexity index is 104. The summed E-state index contributed by atoms with van der Waals surface area (Å²) in [5, 5.41) is 3.40. The number of fused-ring (bicyclic) bond motifs is 1. The quantitative estimate of drug-likeness (QED) is 0.538. The molecular weight excluding hydrogens is 126 g/mol. The molecule has 0 aromatic rings. The van der Waals surface area contributed by atoms with E-state index in [9.17, 15) is 0 Å². The molecule has 58 valence electrons. The van der Waals surface area contributed by atoms with Gasteiger partial charge in [0.25, 0.3) is 0 Å². The Morgan fingerprint density at radius 2 is 2.00 bits per heavy atom. The summed E-state index contributed by atoms with van der Waals surface area (Å²) in [5.74, 6) is 0.870. The monoisotopic (exact) mass is 141 g/mol. The molecule has 2 heterocycles. The van der Waals surface area contributed by atoms with Crippen LogP contribution in [0.5, 0.6) is 0 Å². The van der Waals surface area contributed by atoms with Gasteiger partial charge in [0.05, 0.1) is 6.10 Å². The van der Waals surface area contributed by atoms with Gasteiger partial charge in [0.2, 0.25) is 0 Å². The maximum Gasteiger partial charge on any atom is 0.0616 e. The SMILES string of the molecule is C1CC2CCOC2CCN1. The summed E-state index contributed by atoms with van der Waals surface area (Å²) in [5.41, 5.74) is 0. The second-order valence-corrected chi connectivity index (χ2v) is 3.29. The maximum absolute atomic E-state index is 5.60. The first kappa shape index (κ1) is 6.62. The molecule has 0 amide bonds. The highest BCUT2D eigenvalue weighted by Crippen LogP contribution is 2.27. The first-order valence-corrected chi connectivity index (χ1v) is 4.29. The van der Waals surface area contributed by atoms with Crippen LogP contribution in [0.4, 0.5) is 0 Å². The third-order valence-electron chi connectivity index (χ3n) is 2.64. The standard InChI is InChI=1S/C8H15NO/c1-4-9-5-2-8-7(1)3-6-10-8/h7-9H,1-6H2. The number of nitrogens with one attached hydrogen (secondary N) is 1. The van der Waals surface area contributed by atoms with Crippen molar-refractivity contribution in [1.29, 1.82) is 0 Å². The van der Waals surface area contributed by atoms with Crippen LogP contribution < -0.4 is 5.32 Å². The molecule has 0 bridgehead atoms. The zero-order valence-electron chi connectivity index (χ0n) is 6.31. The number of hydrogen-bond acceptors (Lipinski definition) is 2. The van der Waals surface area contributed by atoms with Crippen molar-refractivity contribution in [2.24, 2.45) is 5.92 Å². The van der Waals surface area contributed by atoms with Gasteiger partial charge in [-0.05, 0) is 38.3 Å². The largest absolute Gasteiger partial charge is 0.378 e. The Morgan fingerprint density at radius 1 is 1.10 bits per heavy atom. The smallest absolute Gasteiger partial charge is 0.0616 e. The van der Waals surface area contributed by atoms with E-state index in [0.717, 1.165) is 19.1 Å². The molecule has 2 rings (SSSR count). The molecule has 2 heteroatoms. The van der Waals surface area contributed by atoms with Crippen LogP contribution in [-0.4, -0.2) is 25.8 Å². The van der Waals surface area contributed by atoms with Gasteiger partial charge in [0, 0.05) is 6.61 Å². The molecule has 2 saturated heterocycles. The summed E-state index contributed by atoms with van der Waals surface area (Å²) in [6.45, 7) is 3.36. The zero-order chi connectivity index (χ0) is 6.81. The number of hydrogen-bond donors (Lipinski definition) is 1. The van der Waals surface area contributed by atoms with E-state index in [1.165, 1.54) is 25.8 Å². The first-order valence-electron chi connectivity index (χ1n) is 4.29. The van der Waals surface area contributed by atoms with Gasteiger partial charge >= 0.3 is 0 Å². The summed E-state index contributed by atoms with van der Waals surface area (Å²) in [6, 6.07) is 0. The van der Waals surface area contributed by atoms with Crippen LogP contribution in [0.15, 0.2) is 0 Å². The summed E-state index contributed by atoms with van der Waals surface area (Å²) < 4.78 is 5.60. The van der Waals surface area contributed by atoms with Gasteiger partial charge in [-0.25, -0.2) is 0 Å². The third kappa shape index (κ3) is 1.18. The van der Waals surface area contributed by atoms with E-state index in [1.54, 1.807) is 0 Å². The predicted molar refractivity (Wildman–Crippen MR) is 40.0 cm³/mol. The molecule has 0 aromatic heterocycles. The second-order valence-electron chi connectivity index (χ2n) is 3.29. The fourth-order valence-corrected chi connectivity index (χ4v) is 2.00. The fraction of sp³-hybridized carbons (Fsp3) is 1.00. The minimum atomic E-state index is 0.593. The minimum Gasteiger partial charge on any atom is -0.378 e. The van der Waals surface area contributed by atoms with Gasteiger partial charge in [-0.15, -0.1) is 0 Å². The molecule has 0 saturated carbocycles. The average molecular weight is 141 g/mol. The molecule has 2 fully saturated rings. The van der Waals surface area contributed by atoms with E-state index < -0.39 is 0 Å². The van der Waals surface area contributed by atoms with Crippen molar-refractivity contribution in [3.05, 3.63) is 0 Å². The van der Waals surface area contributed by atoms with E-state index >= 15 is 0 Å². The van der Waals surface area contributed by atoms with Crippen molar-refractivity contribution in [2.75, 3.05) is 19.7 Å². The Hall–Kier alpha value is -0.0800. The fourth-order valence-electron chi connectivity index (χ4n) is 2.00. The zero-order valence-corrected chi connectivity index (χ0v) is 6.31. The topological polar surface area (TPSA) is 21.3 Å². The van der Waals surface area contributed by atoms with E-state index in [1.807, 2.05) is 0 Å². The summed E-state index contributed by atoms with van der Waals surface area (Å²) >= 11 is 0. The van der Waals surface area contributed by atoms with E-state index in [4.69, 9.17) is 4.74 Å². The van der Waals surface area contributed by atoms with Gasteiger partial charge in [0.15, 0.2) is 0 Å². The highest BCUT2D eigenvalue weighted by molar-refractivity contribution is 4.80. The Balaban J connectivity index is 1.95. The maximum atomic E-state index is 5.60. The van der Waals surface area contributed by atoms with Gasteiger partial charge in [-0.3, -0.25) is 0 Å². The average Bonchev–Trinajstić information content (AvgIpc) is 2.28. The molecule has 0 radical (unpaired) electrons. The van der Waals surface area contributed by atoms with Crippen molar-refractivity contribution in [3.8, 4) is 0 Å². The molecule has 10 heavy (non-hydrogen) atoms. The Kier molecular flexibility index (Phi) is 1.91. The van der Waals surface area contributed by atoms with Crippen LogP contribution >= 0.6 is 0 Å². The minimum absolute atomic E-state index is 0.593. The van der Waals surface area contributed by atoms with Crippen molar-refractivity contribution in [2.45, 2.75) is 25.4 Å². The van der Waals surface area contributed by atoms with Gasteiger partial charge < -0.3 is 10.1 Å². The van der Waals surface area contributed by atoms with Gasteiger partial charge in [-0.2, -0.15) is 0 Å². The second kappa shape index (κ2) is 2.89. The molecule has 0 spiro atoms. The van der Waals surface area contributed by atoms with Crippen LogP contribution in [0, 0.1) is 5.92 Å². The highest BCUT2D eigenvalue weighted by Gasteiger charge is 2.28. The normalized spacial score (nSPS) is 40.8. The lowest BCUT2D eigenvalue weighted by molar-refractivity contribution is 0.0878. The molecule has 2 aliphatic rings. The Labute approximate surface area is 61.9 Å². The summed E-state index contributed by atoms with van der Waals surface area (Å²) in [7, 11) is 0. The highest BCUT2D eigenvalue weighted by atomic mass is 16.5. The van der Waals surface area contributed by atoms with Crippen LogP contribution in [0.2, 0.25) is 0 Å². The Morgan fingerprint density at radius 3 is 3.00 bits per heavy atom. The number of ether oxygens (including phenoxy) is 1. The van der Waals surface area contributed by atoms with Crippen LogP contribution in [-0.2, 0) is 4.74 Å². The van der Waals surface area contributed by atoms with E-state index in [0.29, 0.717) is 6.10 Å². The lowest BCUT2D eigenvalue weighted by Gasteiger charge is -2.12. The molecule has 2 unspecified atom stereocenters. The van der Waals surface area contributed by atoms with Crippen molar-refractivity contribution in [1.82, 2.24) is 5.32 Å². The predicted octanol–water partition coefficient (Wildman–Crippen LogP) is 0.775. The van der Waals surface area contributed by atoms with E-state index in [-0.39, 0.29) is 0 Å². The van der Waals surface area contributed by atoms with E-state index in [2.05, 4.69) is 5.32 Å². The van der Waals surface area contributed by atoms with Crippen molar-refractivity contribution < 1.29 is 4.74 Å².